The van der Waals surface area contributed by atoms with Crippen molar-refractivity contribution >= 4 is 6.09 Å². The van der Waals surface area contributed by atoms with Crippen molar-refractivity contribution in [2.75, 3.05) is 31.2 Å². The molecule has 5 nitrogen and oxygen atoms in total. The average molecular weight is 251 g/mol. The highest BCUT2D eigenvalue weighted by Gasteiger charge is 2.25. The summed E-state index contributed by atoms with van der Waals surface area (Å²) in [6.45, 7) is 8.73. The van der Waals surface area contributed by atoms with E-state index in [4.69, 9.17) is 4.74 Å². The maximum Gasteiger partial charge on any atom is 0.410 e. The van der Waals surface area contributed by atoms with Crippen LogP contribution >= 0.6 is 0 Å². The normalized spacial score (nSPS) is 16.8. The molecule has 1 aliphatic heterocycles. The number of aromatic nitrogens is 1. The Morgan fingerprint density at radius 2 is 1.61 bits per heavy atom. The topological polar surface area (TPSA) is 37.7 Å². The second kappa shape index (κ2) is 4.92. The maximum absolute atomic E-state index is 11.9. The molecule has 18 heavy (non-hydrogen) atoms. The number of nitrogens with zero attached hydrogens (tertiary/aromatic N) is 3. The largest absolute Gasteiger partial charge is 0.444 e. The minimum Gasteiger partial charge on any atom is -0.444 e. The van der Waals surface area contributed by atoms with Gasteiger partial charge in [-0.3, -0.25) is 4.68 Å². The summed E-state index contributed by atoms with van der Waals surface area (Å²) in [5.74, 6) is 0. The number of carbonyl (C=O) groups is 1. The Kier molecular flexibility index (Phi) is 3.50. The van der Waals surface area contributed by atoms with E-state index in [2.05, 4.69) is 9.69 Å². The van der Waals surface area contributed by atoms with Crippen LogP contribution in [0.25, 0.3) is 0 Å². The molecule has 0 N–H and O–H groups in total. The summed E-state index contributed by atoms with van der Waals surface area (Å²) in [6.07, 6.45) is 3.82. The second-order valence-corrected chi connectivity index (χ2v) is 5.48. The van der Waals surface area contributed by atoms with Crippen molar-refractivity contribution in [2.45, 2.75) is 26.4 Å². The first-order valence-electron chi connectivity index (χ1n) is 6.32. The zero-order valence-electron chi connectivity index (χ0n) is 11.3. The number of amides is 1. The molecule has 5 heteroatoms. The molecule has 0 aromatic carbocycles. The molecular formula is C13H21N3O2. The quantitative estimate of drug-likeness (QED) is 0.762. The molecule has 1 aromatic heterocycles. The molecular weight excluding hydrogens is 230 g/mol. The maximum atomic E-state index is 11.9. The van der Waals surface area contributed by atoms with Crippen molar-refractivity contribution < 1.29 is 9.53 Å². The highest BCUT2D eigenvalue weighted by atomic mass is 16.6. The van der Waals surface area contributed by atoms with Crippen molar-refractivity contribution in [1.82, 2.24) is 9.58 Å². The van der Waals surface area contributed by atoms with Gasteiger partial charge in [-0.1, -0.05) is 0 Å². The van der Waals surface area contributed by atoms with Gasteiger partial charge in [0.25, 0.3) is 0 Å². The van der Waals surface area contributed by atoms with E-state index in [9.17, 15) is 4.79 Å². The molecule has 1 amide bonds. The Bertz CT molecular complexity index is 387. The summed E-state index contributed by atoms with van der Waals surface area (Å²) in [7, 11) is 0. The van der Waals surface area contributed by atoms with E-state index in [1.165, 1.54) is 0 Å². The van der Waals surface area contributed by atoms with Crippen LogP contribution in [0.2, 0.25) is 0 Å². The number of rotatable bonds is 1. The molecule has 0 radical (unpaired) electrons. The van der Waals surface area contributed by atoms with Gasteiger partial charge in [-0.2, -0.15) is 0 Å². The highest BCUT2D eigenvalue weighted by Crippen LogP contribution is 2.11. The van der Waals surface area contributed by atoms with Crippen molar-refractivity contribution in [3.63, 3.8) is 0 Å². The van der Waals surface area contributed by atoms with Crippen molar-refractivity contribution in [3.05, 3.63) is 24.5 Å². The summed E-state index contributed by atoms with van der Waals surface area (Å²) < 4.78 is 7.43. The summed E-state index contributed by atoms with van der Waals surface area (Å²) in [5.41, 5.74) is -0.422. The molecule has 0 spiro atoms. The Labute approximate surface area is 108 Å². The molecule has 1 saturated heterocycles. The van der Waals surface area contributed by atoms with E-state index in [1.54, 1.807) is 4.90 Å². The molecule has 1 aliphatic rings. The fourth-order valence-corrected chi connectivity index (χ4v) is 1.95. The molecule has 2 rings (SSSR count). The Hall–Kier alpha value is -1.65. The van der Waals surface area contributed by atoms with Gasteiger partial charge in [0.1, 0.15) is 5.60 Å². The van der Waals surface area contributed by atoms with Gasteiger partial charge in [-0.15, -0.1) is 0 Å². The Balaban J connectivity index is 1.85. The van der Waals surface area contributed by atoms with E-state index in [0.717, 1.165) is 13.1 Å². The molecule has 100 valence electrons. The Morgan fingerprint density at radius 3 is 2.11 bits per heavy atom. The molecule has 0 atom stereocenters. The number of carbonyl (C=O) groups excluding carboxylic acids is 1. The predicted octanol–water partition coefficient (Wildman–Crippen LogP) is 1.68. The molecule has 0 unspecified atom stereocenters. The summed E-state index contributed by atoms with van der Waals surface area (Å²) >= 11 is 0. The van der Waals surface area contributed by atoms with Gasteiger partial charge in [0.05, 0.1) is 13.1 Å². The van der Waals surface area contributed by atoms with Gasteiger partial charge in [-0.05, 0) is 32.9 Å². The van der Waals surface area contributed by atoms with Crippen molar-refractivity contribution in [1.29, 1.82) is 0 Å². The smallest absolute Gasteiger partial charge is 0.410 e. The number of hydrogen-bond donors (Lipinski definition) is 0. The average Bonchev–Trinajstić information content (AvgIpc) is 2.80. The fraction of sp³-hybridized carbons (Fsp3) is 0.615. The number of piperazine rings is 1. The van der Waals surface area contributed by atoms with Gasteiger partial charge in [0.15, 0.2) is 0 Å². The van der Waals surface area contributed by atoms with Crippen LogP contribution in [0.1, 0.15) is 20.8 Å². The van der Waals surface area contributed by atoms with Crippen LogP contribution in [-0.2, 0) is 4.74 Å². The third-order valence-corrected chi connectivity index (χ3v) is 2.82. The summed E-state index contributed by atoms with van der Waals surface area (Å²) in [5, 5.41) is 2.21. The third-order valence-electron chi connectivity index (χ3n) is 2.82. The van der Waals surface area contributed by atoms with Crippen LogP contribution in [0.15, 0.2) is 24.5 Å². The van der Waals surface area contributed by atoms with E-state index < -0.39 is 5.60 Å². The highest BCUT2D eigenvalue weighted by molar-refractivity contribution is 5.68. The van der Waals surface area contributed by atoms with Crippen molar-refractivity contribution in [2.24, 2.45) is 0 Å². The number of ether oxygens (including phenoxy) is 1. The van der Waals surface area contributed by atoms with Gasteiger partial charge < -0.3 is 14.6 Å². The van der Waals surface area contributed by atoms with Gasteiger partial charge in [0, 0.05) is 25.5 Å². The van der Waals surface area contributed by atoms with E-state index in [1.807, 2.05) is 45.3 Å². The standard InChI is InChI=1S/C13H21N3O2/c1-13(2,3)18-12(17)14-8-10-16(11-9-14)15-6-4-5-7-15/h4-7H,8-11H2,1-3H3. The zero-order chi connectivity index (χ0) is 13.2. The first-order chi connectivity index (χ1) is 8.46. The summed E-state index contributed by atoms with van der Waals surface area (Å²) in [4.78, 5) is 13.7. The van der Waals surface area contributed by atoms with Gasteiger partial charge in [0.2, 0.25) is 0 Å². The first kappa shape index (κ1) is 12.8. The Morgan fingerprint density at radius 1 is 1.06 bits per heavy atom. The lowest BCUT2D eigenvalue weighted by molar-refractivity contribution is 0.0232. The molecule has 1 fully saturated rings. The lowest BCUT2D eigenvalue weighted by Gasteiger charge is -2.37. The third kappa shape index (κ3) is 3.18. The van der Waals surface area contributed by atoms with Crippen LogP contribution in [0.3, 0.4) is 0 Å². The SMILES string of the molecule is CC(C)(C)OC(=O)N1CCN(n2cccc2)CC1. The zero-order valence-corrected chi connectivity index (χ0v) is 11.3. The minimum absolute atomic E-state index is 0.213. The first-order valence-corrected chi connectivity index (χ1v) is 6.32. The molecule has 2 heterocycles. The van der Waals surface area contributed by atoms with Crippen LogP contribution in [-0.4, -0.2) is 47.4 Å². The molecule has 1 aromatic rings. The lowest BCUT2D eigenvalue weighted by Crippen LogP contribution is -2.53. The second-order valence-electron chi connectivity index (χ2n) is 5.48. The summed E-state index contributed by atoms with van der Waals surface area (Å²) in [6, 6.07) is 4.00. The minimum atomic E-state index is -0.422. The van der Waals surface area contributed by atoms with Gasteiger partial charge in [-0.25, -0.2) is 4.79 Å². The van der Waals surface area contributed by atoms with Crippen molar-refractivity contribution in [3.8, 4) is 0 Å². The lowest BCUT2D eigenvalue weighted by atomic mass is 10.2. The van der Waals surface area contributed by atoms with Crippen LogP contribution in [0, 0.1) is 0 Å². The molecule has 0 saturated carbocycles. The van der Waals surface area contributed by atoms with E-state index in [0.29, 0.717) is 13.1 Å². The number of hydrogen-bond acceptors (Lipinski definition) is 3. The monoisotopic (exact) mass is 251 g/mol. The van der Waals surface area contributed by atoms with E-state index >= 15 is 0 Å². The van der Waals surface area contributed by atoms with Gasteiger partial charge >= 0.3 is 6.09 Å². The predicted molar refractivity (Wildman–Crippen MR) is 70.2 cm³/mol. The van der Waals surface area contributed by atoms with Crippen LogP contribution < -0.4 is 5.01 Å². The molecule has 0 aliphatic carbocycles. The van der Waals surface area contributed by atoms with Crippen LogP contribution in [0.5, 0.6) is 0 Å². The fourth-order valence-electron chi connectivity index (χ4n) is 1.95. The van der Waals surface area contributed by atoms with Crippen LogP contribution in [0.4, 0.5) is 4.79 Å². The van der Waals surface area contributed by atoms with E-state index in [-0.39, 0.29) is 6.09 Å². The molecule has 0 bridgehead atoms.